The zero-order chi connectivity index (χ0) is 17.2. The van der Waals surface area contributed by atoms with Crippen molar-refractivity contribution < 1.29 is 9.53 Å². The molecule has 3 heteroatoms. The van der Waals surface area contributed by atoms with Crippen molar-refractivity contribution in [1.29, 1.82) is 0 Å². The number of ketones is 1. The van der Waals surface area contributed by atoms with Gasteiger partial charge in [-0.3, -0.25) is 9.69 Å². The first-order valence-corrected chi connectivity index (χ1v) is 8.58. The van der Waals surface area contributed by atoms with Gasteiger partial charge in [0.15, 0.2) is 5.78 Å². The highest BCUT2D eigenvalue weighted by Gasteiger charge is 2.39. The molecule has 3 nitrogen and oxygen atoms in total. The number of rotatable bonds is 6. The summed E-state index contributed by atoms with van der Waals surface area (Å²) in [6.45, 7) is 2.81. The van der Waals surface area contributed by atoms with Crippen molar-refractivity contribution in [1.82, 2.24) is 4.90 Å². The van der Waals surface area contributed by atoms with E-state index in [1.807, 2.05) is 50.5 Å². The van der Waals surface area contributed by atoms with E-state index in [0.717, 1.165) is 29.7 Å². The maximum Gasteiger partial charge on any atom is 0.183 e. The summed E-state index contributed by atoms with van der Waals surface area (Å²) in [6, 6.07) is 16.1. The lowest BCUT2D eigenvalue weighted by molar-refractivity contribution is 0.0666. The molecule has 0 spiro atoms. The summed E-state index contributed by atoms with van der Waals surface area (Å²) in [6.07, 6.45) is 2.36. The highest BCUT2D eigenvalue weighted by atomic mass is 16.5. The minimum absolute atomic E-state index is 0.188. The van der Waals surface area contributed by atoms with Crippen LogP contribution >= 0.6 is 0 Å². The van der Waals surface area contributed by atoms with Crippen LogP contribution in [-0.2, 0) is 12.8 Å². The normalized spacial score (nSPS) is 15.7. The number of nitrogens with zero attached hydrogens (tertiary/aromatic N) is 1. The van der Waals surface area contributed by atoms with Gasteiger partial charge in [-0.1, -0.05) is 37.3 Å². The molecule has 0 bridgehead atoms. The van der Waals surface area contributed by atoms with Gasteiger partial charge in [0, 0.05) is 12.0 Å². The van der Waals surface area contributed by atoms with E-state index < -0.39 is 5.54 Å². The maximum atomic E-state index is 13.5. The molecule has 126 valence electrons. The molecule has 0 fully saturated rings. The molecule has 0 aliphatic carbocycles. The smallest absolute Gasteiger partial charge is 0.183 e. The summed E-state index contributed by atoms with van der Waals surface area (Å²) in [5, 5.41) is 0. The number of carbonyl (C=O) groups is 1. The van der Waals surface area contributed by atoms with Crippen molar-refractivity contribution in [2.24, 2.45) is 0 Å². The van der Waals surface area contributed by atoms with Crippen LogP contribution in [0.1, 0.15) is 34.8 Å². The van der Waals surface area contributed by atoms with Crippen LogP contribution in [0.5, 0.6) is 5.75 Å². The van der Waals surface area contributed by atoms with Gasteiger partial charge in [-0.15, -0.1) is 0 Å². The largest absolute Gasteiger partial charge is 0.493 e. The number of likely N-dealkylation sites (N-methyl/N-ethyl adjacent to an activating group) is 1. The van der Waals surface area contributed by atoms with Crippen molar-refractivity contribution in [2.45, 2.75) is 31.7 Å². The van der Waals surface area contributed by atoms with Gasteiger partial charge in [-0.2, -0.15) is 0 Å². The first-order valence-electron chi connectivity index (χ1n) is 8.58. The lowest BCUT2D eigenvalue weighted by atomic mass is 9.80. The first-order chi connectivity index (χ1) is 11.6. The van der Waals surface area contributed by atoms with Crippen molar-refractivity contribution in [3.63, 3.8) is 0 Å². The van der Waals surface area contributed by atoms with E-state index in [1.165, 1.54) is 5.56 Å². The van der Waals surface area contributed by atoms with E-state index in [-0.39, 0.29) is 5.78 Å². The highest BCUT2D eigenvalue weighted by Crippen LogP contribution is 2.31. The molecule has 0 saturated carbocycles. The number of benzene rings is 2. The number of ether oxygens (including phenoxy) is 1. The number of fused-ring (bicyclic) bond motifs is 1. The van der Waals surface area contributed by atoms with Gasteiger partial charge < -0.3 is 4.74 Å². The Morgan fingerprint density at radius 3 is 2.58 bits per heavy atom. The second-order valence-corrected chi connectivity index (χ2v) is 6.69. The monoisotopic (exact) mass is 323 g/mol. The van der Waals surface area contributed by atoms with Crippen LogP contribution in [0.2, 0.25) is 0 Å². The fourth-order valence-corrected chi connectivity index (χ4v) is 3.57. The van der Waals surface area contributed by atoms with Gasteiger partial charge in [-0.25, -0.2) is 0 Å². The number of hydrogen-bond acceptors (Lipinski definition) is 3. The highest BCUT2D eigenvalue weighted by molar-refractivity contribution is 6.03. The summed E-state index contributed by atoms with van der Waals surface area (Å²) < 4.78 is 5.57. The molecule has 1 unspecified atom stereocenters. The summed E-state index contributed by atoms with van der Waals surface area (Å²) in [5.74, 6) is 1.11. The molecule has 24 heavy (non-hydrogen) atoms. The molecule has 1 aliphatic rings. The van der Waals surface area contributed by atoms with E-state index in [9.17, 15) is 4.79 Å². The molecular formula is C21H25NO2. The van der Waals surface area contributed by atoms with Gasteiger partial charge in [0.05, 0.1) is 12.1 Å². The number of hydrogen-bond donors (Lipinski definition) is 0. The molecule has 2 aromatic rings. The molecule has 0 radical (unpaired) electrons. The summed E-state index contributed by atoms with van der Waals surface area (Å²) >= 11 is 0. The van der Waals surface area contributed by atoms with Crippen molar-refractivity contribution in [2.75, 3.05) is 20.7 Å². The van der Waals surface area contributed by atoms with E-state index in [2.05, 4.69) is 24.0 Å². The Hall–Kier alpha value is -2.13. The third-order valence-corrected chi connectivity index (χ3v) is 5.15. The lowest BCUT2D eigenvalue weighted by Crippen LogP contribution is -2.52. The second-order valence-electron chi connectivity index (χ2n) is 6.69. The molecule has 1 aliphatic heterocycles. The van der Waals surface area contributed by atoms with Crippen LogP contribution in [0, 0.1) is 0 Å². The topological polar surface area (TPSA) is 29.5 Å². The Bertz CT molecular complexity index is 724. The van der Waals surface area contributed by atoms with Crippen LogP contribution in [0.3, 0.4) is 0 Å². The van der Waals surface area contributed by atoms with Crippen molar-refractivity contribution in [3.05, 3.63) is 65.2 Å². The zero-order valence-electron chi connectivity index (χ0n) is 14.7. The van der Waals surface area contributed by atoms with Gasteiger partial charge in [0.2, 0.25) is 0 Å². The van der Waals surface area contributed by atoms with E-state index in [0.29, 0.717) is 13.0 Å². The Morgan fingerprint density at radius 1 is 1.17 bits per heavy atom. The fourth-order valence-electron chi connectivity index (χ4n) is 3.57. The molecular weight excluding hydrogens is 298 g/mol. The lowest BCUT2D eigenvalue weighted by Gasteiger charge is -2.38. The summed E-state index contributed by atoms with van der Waals surface area (Å²) in [5.41, 5.74) is 2.58. The molecule has 3 rings (SSSR count). The quantitative estimate of drug-likeness (QED) is 0.758. The van der Waals surface area contributed by atoms with Gasteiger partial charge in [0.25, 0.3) is 0 Å². The number of carbonyl (C=O) groups excluding carboxylic acids is 1. The Labute approximate surface area is 144 Å². The van der Waals surface area contributed by atoms with E-state index in [4.69, 9.17) is 4.74 Å². The van der Waals surface area contributed by atoms with Gasteiger partial charge >= 0.3 is 0 Å². The Morgan fingerprint density at radius 2 is 1.92 bits per heavy atom. The predicted octanol–water partition coefficient (Wildman–Crippen LogP) is 3.76. The molecule has 0 saturated heterocycles. The van der Waals surface area contributed by atoms with Crippen LogP contribution < -0.4 is 4.74 Å². The van der Waals surface area contributed by atoms with Crippen LogP contribution in [-0.4, -0.2) is 36.9 Å². The second kappa shape index (κ2) is 6.78. The summed E-state index contributed by atoms with van der Waals surface area (Å²) in [7, 11) is 4.00. The third kappa shape index (κ3) is 2.96. The molecule has 2 aromatic carbocycles. The van der Waals surface area contributed by atoms with E-state index >= 15 is 0 Å². The fraction of sp³-hybridized carbons (Fsp3) is 0.381. The minimum Gasteiger partial charge on any atom is -0.493 e. The minimum atomic E-state index is -0.533. The third-order valence-electron chi connectivity index (χ3n) is 5.15. The molecule has 1 atom stereocenters. The molecule has 0 aromatic heterocycles. The van der Waals surface area contributed by atoms with Crippen LogP contribution in [0.4, 0.5) is 0 Å². The molecule has 0 amide bonds. The average molecular weight is 323 g/mol. The number of Topliss-reactive ketones (excluding diaryl/α,β-unsaturated/α-hetero) is 1. The van der Waals surface area contributed by atoms with Crippen LogP contribution in [0.15, 0.2) is 48.5 Å². The standard InChI is InChI=1S/C21H25NO2/c1-4-21(22(2)3,15-16-8-6-5-7-9-16)20(23)18-10-11-19-17(14-18)12-13-24-19/h5-11,14H,4,12-13,15H2,1-3H3. The SMILES string of the molecule is CCC(Cc1ccccc1)(C(=O)c1ccc2c(c1)CCO2)N(C)C. The predicted molar refractivity (Wildman–Crippen MR) is 96.8 cm³/mol. The summed E-state index contributed by atoms with van der Waals surface area (Å²) in [4.78, 5) is 15.5. The maximum absolute atomic E-state index is 13.5. The molecule has 1 heterocycles. The molecule has 0 N–H and O–H groups in total. The first kappa shape index (κ1) is 16.7. The van der Waals surface area contributed by atoms with Crippen molar-refractivity contribution in [3.8, 4) is 5.75 Å². The van der Waals surface area contributed by atoms with Crippen LogP contribution in [0.25, 0.3) is 0 Å². The van der Waals surface area contributed by atoms with Gasteiger partial charge in [0.1, 0.15) is 5.75 Å². The Kier molecular flexibility index (Phi) is 4.72. The zero-order valence-corrected chi connectivity index (χ0v) is 14.7. The van der Waals surface area contributed by atoms with E-state index in [1.54, 1.807) is 0 Å². The Balaban J connectivity index is 1.97. The van der Waals surface area contributed by atoms with Crippen molar-refractivity contribution >= 4 is 5.78 Å². The average Bonchev–Trinajstić information content (AvgIpc) is 3.07. The van der Waals surface area contributed by atoms with Gasteiger partial charge in [-0.05, 0) is 56.3 Å².